The molecule has 0 fully saturated rings. The third kappa shape index (κ3) is 0.919. The Morgan fingerprint density at radius 1 is 1.50 bits per heavy atom. The van der Waals surface area contributed by atoms with Gasteiger partial charge in [0.1, 0.15) is 4.47 Å². The zero-order valence-corrected chi connectivity index (χ0v) is 7.31. The summed E-state index contributed by atoms with van der Waals surface area (Å²) in [5.41, 5.74) is 7.46. The summed E-state index contributed by atoms with van der Waals surface area (Å²) in [6.45, 7) is 0. The van der Waals surface area contributed by atoms with Gasteiger partial charge in [0.15, 0.2) is 11.6 Å². The molecule has 0 spiro atoms. The summed E-state index contributed by atoms with van der Waals surface area (Å²) in [5, 5.41) is 0. The highest BCUT2D eigenvalue weighted by molar-refractivity contribution is 9.10. The molecule has 1 aromatic rings. The van der Waals surface area contributed by atoms with E-state index in [4.69, 9.17) is 15.4 Å². The Hall–Kier alpha value is -1.01. The number of nitrogens with two attached hydrogens (primary N) is 1. The Morgan fingerprint density at radius 3 is 3.00 bits per heavy atom. The topological polar surface area (TPSA) is 56.5 Å². The third-order valence-electron chi connectivity index (χ3n) is 1.45. The summed E-state index contributed by atoms with van der Waals surface area (Å²) in [5.74, 6) is 0.0727. The minimum Gasteiger partial charge on any atom is -0.396 e. The van der Waals surface area contributed by atoms with Crippen molar-refractivity contribution >= 4 is 21.6 Å². The minimum absolute atomic E-state index is 0.00734. The van der Waals surface area contributed by atoms with Crippen molar-refractivity contribution in [2.45, 2.75) is 0 Å². The molecular formula is C6H4BrFN2O2. The fourth-order valence-electron chi connectivity index (χ4n) is 0.883. The van der Waals surface area contributed by atoms with E-state index in [0.717, 1.165) is 0 Å². The monoisotopic (exact) mass is 234 g/mol. The molecule has 0 saturated carbocycles. The van der Waals surface area contributed by atoms with Crippen LogP contribution in [0, 0.1) is 5.82 Å². The van der Waals surface area contributed by atoms with E-state index in [0.29, 0.717) is 5.75 Å². The fraction of sp³-hybridized carbons (Fsp3) is 0. The average molecular weight is 235 g/mol. The van der Waals surface area contributed by atoms with Crippen LogP contribution in [-0.2, 0) is 0 Å². The van der Waals surface area contributed by atoms with Crippen molar-refractivity contribution in [2.24, 2.45) is 0 Å². The van der Waals surface area contributed by atoms with Crippen molar-refractivity contribution < 1.29 is 14.1 Å². The molecule has 1 aliphatic rings. The maximum atomic E-state index is 13.1. The van der Waals surface area contributed by atoms with Crippen LogP contribution in [-0.4, -0.2) is 0 Å². The molecule has 0 saturated heterocycles. The normalized spacial score (nSPS) is 13.5. The third-order valence-corrected chi connectivity index (χ3v) is 2.16. The number of rotatable bonds is 0. The van der Waals surface area contributed by atoms with Crippen molar-refractivity contribution in [3.8, 4) is 11.5 Å². The van der Waals surface area contributed by atoms with Crippen LogP contribution in [0.15, 0.2) is 10.5 Å². The maximum Gasteiger partial charge on any atom is 0.213 e. The molecule has 3 N–H and O–H groups in total. The zero-order valence-electron chi connectivity index (χ0n) is 5.73. The number of halogens is 2. The number of fused-ring (bicyclic) bond motifs is 1. The van der Waals surface area contributed by atoms with Gasteiger partial charge >= 0.3 is 0 Å². The number of hydrogen-bond acceptors (Lipinski definition) is 4. The van der Waals surface area contributed by atoms with E-state index in [1.165, 1.54) is 6.07 Å². The second-order valence-electron chi connectivity index (χ2n) is 2.21. The Bertz CT molecular complexity index is 345. The van der Waals surface area contributed by atoms with Gasteiger partial charge in [-0.2, -0.15) is 0 Å². The van der Waals surface area contributed by atoms with Crippen LogP contribution >= 0.6 is 15.9 Å². The van der Waals surface area contributed by atoms with E-state index in [2.05, 4.69) is 21.6 Å². The second-order valence-corrected chi connectivity index (χ2v) is 3.00. The first-order valence-corrected chi connectivity index (χ1v) is 3.85. The lowest BCUT2D eigenvalue weighted by Gasteiger charge is -2.00. The summed E-state index contributed by atoms with van der Waals surface area (Å²) < 4.78 is 13.2. The Balaban J connectivity index is 2.67. The van der Waals surface area contributed by atoms with Crippen LogP contribution in [0.1, 0.15) is 0 Å². The van der Waals surface area contributed by atoms with Gasteiger partial charge in [-0.3, -0.25) is 0 Å². The second kappa shape index (κ2) is 2.49. The first kappa shape index (κ1) is 7.63. The van der Waals surface area contributed by atoms with E-state index in [1.54, 1.807) is 0 Å². The highest BCUT2D eigenvalue weighted by atomic mass is 79.9. The Kier molecular flexibility index (Phi) is 1.59. The van der Waals surface area contributed by atoms with Gasteiger partial charge in [0.25, 0.3) is 0 Å². The molecule has 4 nitrogen and oxygen atoms in total. The molecule has 0 radical (unpaired) electrons. The molecule has 6 heteroatoms. The largest absolute Gasteiger partial charge is 0.396 e. The predicted molar refractivity (Wildman–Crippen MR) is 42.9 cm³/mol. The molecule has 0 aromatic heterocycles. The van der Waals surface area contributed by atoms with Crippen LogP contribution in [0.2, 0.25) is 0 Å². The Morgan fingerprint density at radius 2 is 2.25 bits per heavy atom. The standard InChI is InChI=1S/C6H4BrFN2O2/c7-4-5(8)2(9)1-3-6(4)12-10-11-3/h1,10H,9H2. The number of benzene rings is 1. The van der Waals surface area contributed by atoms with Crippen molar-refractivity contribution in [3.05, 3.63) is 16.4 Å². The van der Waals surface area contributed by atoms with E-state index < -0.39 is 5.82 Å². The van der Waals surface area contributed by atoms with Gasteiger partial charge in [0.2, 0.25) is 5.75 Å². The first-order valence-electron chi connectivity index (χ1n) is 3.06. The molecule has 1 heterocycles. The van der Waals surface area contributed by atoms with Crippen molar-refractivity contribution in [1.82, 2.24) is 5.64 Å². The molecule has 64 valence electrons. The lowest BCUT2D eigenvalue weighted by Crippen LogP contribution is -2.14. The van der Waals surface area contributed by atoms with Gasteiger partial charge in [0, 0.05) is 11.7 Å². The van der Waals surface area contributed by atoms with Crippen LogP contribution in [0.5, 0.6) is 11.5 Å². The maximum absolute atomic E-state index is 13.1. The van der Waals surface area contributed by atoms with Crippen LogP contribution in [0.25, 0.3) is 0 Å². The zero-order chi connectivity index (χ0) is 8.72. The van der Waals surface area contributed by atoms with Crippen LogP contribution in [0.4, 0.5) is 10.1 Å². The number of hydrogen-bond donors (Lipinski definition) is 2. The molecular weight excluding hydrogens is 231 g/mol. The van der Waals surface area contributed by atoms with Gasteiger partial charge in [-0.05, 0) is 15.9 Å². The van der Waals surface area contributed by atoms with Gasteiger partial charge in [-0.25, -0.2) is 4.39 Å². The SMILES string of the molecule is Nc1cc2c(c(Br)c1F)ONO2. The van der Waals surface area contributed by atoms with Crippen molar-refractivity contribution in [2.75, 3.05) is 5.73 Å². The van der Waals surface area contributed by atoms with Crippen LogP contribution in [0.3, 0.4) is 0 Å². The molecule has 2 rings (SSSR count). The fourth-order valence-corrected chi connectivity index (χ4v) is 1.39. The minimum atomic E-state index is -0.555. The van der Waals surface area contributed by atoms with Crippen molar-refractivity contribution in [3.63, 3.8) is 0 Å². The van der Waals surface area contributed by atoms with E-state index >= 15 is 0 Å². The van der Waals surface area contributed by atoms with Crippen LogP contribution < -0.4 is 21.1 Å². The first-order chi connectivity index (χ1) is 5.70. The summed E-state index contributed by atoms with van der Waals surface area (Å²) in [4.78, 5) is 9.52. The summed E-state index contributed by atoms with van der Waals surface area (Å²) in [6, 6.07) is 1.34. The highest BCUT2D eigenvalue weighted by Gasteiger charge is 2.22. The lowest BCUT2D eigenvalue weighted by molar-refractivity contribution is 0.0255. The number of nitrogen functional groups attached to an aromatic ring is 1. The molecule has 0 amide bonds. The molecule has 0 atom stereocenters. The van der Waals surface area contributed by atoms with Gasteiger partial charge in [0.05, 0.1) is 5.69 Å². The van der Waals surface area contributed by atoms with E-state index in [9.17, 15) is 4.39 Å². The number of nitrogens with one attached hydrogen (secondary N) is 1. The average Bonchev–Trinajstić information content (AvgIpc) is 2.48. The molecule has 1 aromatic carbocycles. The Labute approximate surface area is 75.5 Å². The molecule has 1 aliphatic heterocycles. The molecule has 0 unspecified atom stereocenters. The number of anilines is 1. The summed E-state index contributed by atoms with van der Waals surface area (Å²) in [7, 11) is 0. The molecule has 0 aliphatic carbocycles. The van der Waals surface area contributed by atoms with Gasteiger partial charge in [-0.15, -0.1) is 0 Å². The van der Waals surface area contributed by atoms with Gasteiger partial charge < -0.3 is 15.4 Å². The predicted octanol–water partition coefficient (Wildman–Crippen LogP) is 1.36. The van der Waals surface area contributed by atoms with Crippen molar-refractivity contribution in [1.29, 1.82) is 0 Å². The van der Waals surface area contributed by atoms with E-state index in [1.807, 2.05) is 0 Å². The smallest absolute Gasteiger partial charge is 0.213 e. The summed E-state index contributed by atoms with van der Waals surface area (Å²) >= 11 is 2.98. The highest BCUT2D eigenvalue weighted by Crippen LogP contribution is 2.41. The lowest BCUT2D eigenvalue weighted by atomic mass is 10.3. The quantitative estimate of drug-likeness (QED) is 0.666. The molecule has 0 bridgehead atoms. The summed E-state index contributed by atoms with van der Waals surface area (Å²) in [6.07, 6.45) is 0. The van der Waals surface area contributed by atoms with Gasteiger partial charge in [-0.1, -0.05) is 0 Å². The molecule has 12 heavy (non-hydrogen) atoms. The van der Waals surface area contributed by atoms with E-state index in [-0.39, 0.29) is 15.9 Å².